The van der Waals surface area contributed by atoms with Crippen molar-refractivity contribution in [1.82, 2.24) is 5.43 Å². The topological polar surface area (TPSA) is 118 Å². The Hall–Kier alpha value is -4.37. The number of amides is 3. The Balaban J connectivity index is 1.60. The van der Waals surface area contributed by atoms with E-state index in [-0.39, 0.29) is 12.5 Å². The van der Waals surface area contributed by atoms with Crippen LogP contribution in [0.1, 0.15) is 23.6 Å². The van der Waals surface area contributed by atoms with Gasteiger partial charge in [0, 0.05) is 16.3 Å². The molecule has 0 bridgehead atoms. The highest BCUT2D eigenvalue weighted by Crippen LogP contribution is 2.24. The zero-order valence-electron chi connectivity index (χ0n) is 20.6. The summed E-state index contributed by atoms with van der Waals surface area (Å²) in [5, 5.41) is 9.52. The first-order valence-electron chi connectivity index (χ1n) is 11.4. The van der Waals surface area contributed by atoms with Crippen molar-refractivity contribution in [2.45, 2.75) is 20.8 Å². The number of carbonyl (C=O) groups excluding carboxylic acids is 3. The van der Waals surface area contributed by atoms with Gasteiger partial charge < -0.3 is 20.1 Å². The highest BCUT2D eigenvalue weighted by molar-refractivity contribution is 6.39. The summed E-state index contributed by atoms with van der Waals surface area (Å²) >= 11 is 6.08. The van der Waals surface area contributed by atoms with Crippen molar-refractivity contribution >= 4 is 46.9 Å². The van der Waals surface area contributed by atoms with Crippen molar-refractivity contribution in [2.75, 3.05) is 23.8 Å². The quantitative estimate of drug-likeness (QED) is 0.218. The predicted octanol–water partition coefficient (Wildman–Crippen LogP) is 4.46. The Morgan fingerprint density at radius 2 is 1.68 bits per heavy atom. The molecule has 0 heterocycles. The number of nitrogens with zero attached hydrogens (tertiary/aromatic N) is 1. The van der Waals surface area contributed by atoms with E-state index in [1.807, 2.05) is 39.0 Å². The van der Waals surface area contributed by atoms with Gasteiger partial charge in [0.1, 0.15) is 11.5 Å². The van der Waals surface area contributed by atoms with Gasteiger partial charge in [-0.15, -0.1) is 0 Å². The van der Waals surface area contributed by atoms with Crippen LogP contribution in [-0.4, -0.2) is 37.1 Å². The molecule has 3 amide bonds. The number of benzene rings is 3. The average Bonchev–Trinajstić information content (AvgIpc) is 2.87. The van der Waals surface area contributed by atoms with Gasteiger partial charge in [-0.1, -0.05) is 35.9 Å². The minimum atomic E-state index is -0.986. The van der Waals surface area contributed by atoms with Gasteiger partial charge in [-0.3, -0.25) is 14.4 Å². The lowest BCUT2D eigenvalue weighted by Gasteiger charge is -2.12. The molecule has 0 aliphatic rings. The SMILES string of the molecule is CCOc1ccccc1NC(=O)C(=O)N/N=C\c1cc(Cl)ccc1OCC(=O)Nc1cc(C)ccc1C. The summed E-state index contributed by atoms with van der Waals surface area (Å²) in [5.74, 6) is -1.50. The van der Waals surface area contributed by atoms with E-state index >= 15 is 0 Å². The van der Waals surface area contributed by atoms with E-state index in [4.69, 9.17) is 21.1 Å². The van der Waals surface area contributed by atoms with Crippen LogP contribution >= 0.6 is 11.6 Å². The smallest absolute Gasteiger partial charge is 0.329 e. The number of ether oxygens (including phenoxy) is 2. The number of aryl methyl sites for hydroxylation is 2. The zero-order valence-corrected chi connectivity index (χ0v) is 21.4. The number of hydrazone groups is 1. The van der Waals surface area contributed by atoms with Crippen LogP contribution in [0, 0.1) is 13.8 Å². The predicted molar refractivity (Wildman–Crippen MR) is 143 cm³/mol. The molecule has 9 nitrogen and oxygen atoms in total. The van der Waals surface area contributed by atoms with E-state index in [2.05, 4.69) is 21.2 Å². The maximum absolute atomic E-state index is 12.4. The molecule has 3 N–H and O–H groups in total. The third kappa shape index (κ3) is 8.08. The van der Waals surface area contributed by atoms with Gasteiger partial charge in [0.25, 0.3) is 5.91 Å². The largest absolute Gasteiger partial charge is 0.492 e. The van der Waals surface area contributed by atoms with Crippen molar-refractivity contribution in [2.24, 2.45) is 5.10 Å². The second kappa shape index (κ2) is 13.1. The number of nitrogens with one attached hydrogen (secondary N) is 3. The molecule has 10 heteroatoms. The molecule has 0 fully saturated rings. The number of rotatable bonds is 9. The Morgan fingerprint density at radius 1 is 0.892 bits per heavy atom. The van der Waals surface area contributed by atoms with E-state index in [9.17, 15) is 14.4 Å². The minimum absolute atomic E-state index is 0.260. The van der Waals surface area contributed by atoms with Gasteiger partial charge in [-0.25, -0.2) is 5.43 Å². The first kappa shape index (κ1) is 27.2. The lowest BCUT2D eigenvalue weighted by Crippen LogP contribution is -2.32. The third-order valence-corrected chi connectivity index (χ3v) is 5.24. The molecular formula is C27H27ClN4O5. The van der Waals surface area contributed by atoms with E-state index in [1.165, 1.54) is 6.21 Å². The second-order valence-corrected chi connectivity index (χ2v) is 8.36. The number of halogens is 1. The number of hydrogen-bond acceptors (Lipinski definition) is 6. The fourth-order valence-corrected chi connectivity index (χ4v) is 3.37. The molecule has 0 spiro atoms. The number of anilines is 2. The lowest BCUT2D eigenvalue weighted by molar-refractivity contribution is -0.136. The summed E-state index contributed by atoms with van der Waals surface area (Å²) < 4.78 is 11.1. The molecule has 0 atom stereocenters. The van der Waals surface area contributed by atoms with Gasteiger partial charge >= 0.3 is 11.8 Å². The van der Waals surface area contributed by atoms with E-state index < -0.39 is 11.8 Å². The van der Waals surface area contributed by atoms with Crippen molar-refractivity contribution in [1.29, 1.82) is 0 Å². The molecule has 3 aromatic rings. The maximum Gasteiger partial charge on any atom is 0.329 e. The van der Waals surface area contributed by atoms with E-state index in [0.717, 1.165) is 11.1 Å². The number of hydrogen-bond donors (Lipinski definition) is 3. The fraction of sp³-hybridized carbons (Fsp3) is 0.185. The summed E-state index contributed by atoms with van der Waals surface area (Å²) in [4.78, 5) is 36.9. The molecule has 0 radical (unpaired) electrons. The summed E-state index contributed by atoms with van der Waals surface area (Å²) in [6, 6.07) is 17.2. The molecule has 0 aliphatic carbocycles. The molecule has 3 rings (SSSR count). The van der Waals surface area contributed by atoms with Crippen LogP contribution in [0.2, 0.25) is 5.02 Å². The molecule has 192 valence electrons. The molecule has 0 saturated carbocycles. The zero-order chi connectivity index (χ0) is 26.8. The summed E-state index contributed by atoms with van der Waals surface area (Å²) in [5.41, 5.74) is 5.57. The van der Waals surface area contributed by atoms with E-state index in [0.29, 0.717) is 40.1 Å². The van der Waals surface area contributed by atoms with Crippen molar-refractivity contribution < 1.29 is 23.9 Å². The third-order valence-electron chi connectivity index (χ3n) is 5.01. The van der Waals surface area contributed by atoms with Gasteiger partial charge in [0.05, 0.1) is 18.5 Å². The number of carbonyl (C=O) groups is 3. The standard InChI is InChI=1S/C27H27ClN4O5/c1-4-36-24-8-6-5-7-21(24)31-26(34)27(35)32-29-15-19-14-20(28)11-12-23(19)37-16-25(33)30-22-13-17(2)9-10-18(22)3/h5-15H,4,16H2,1-3H3,(H,30,33)(H,31,34)(H,32,35)/b29-15-. The van der Waals surface area contributed by atoms with Crippen molar-refractivity contribution in [3.63, 3.8) is 0 Å². The highest BCUT2D eigenvalue weighted by atomic mass is 35.5. The van der Waals surface area contributed by atoms with Gasteiger partial charge in [0.15, 0.2) is 6.61 Å². The summed E-state index contributed by atoms with van der Waals surface area (Å²) in [6.45, 7) is 5.79. The average molecular weight is 523 g/mol. The first-order chi connectivity index (χ1) is 17.8. The van der Waals surface area contributed by atoms with Crippen LogP contribution in [0.15, 0.2) is 65.8 Å². The van der Waals surface area contributed by atoms with Gasteiger partial charge in [-0.2, -0.15) is 5.10 Å². The van der Waals surface area contributed by atoms with Crippen molar-refractivity contribution in [3.05, 3.63) is 82.4 Å². The minimum Gasteiger partial charge on any atom is -0.492 e. The Kier molecular flexibility index (Phi) is 9.62. The maximum atomic E-state index is 12.4. The second-order valence-electron chi connectivity index (χ2n) is 7.92. The first-order valence-corrected chi connectivity index (χ1v) is 11.8. The van der Waals surface area contributed by atoms with Crippen LogP contribution in [0.3, 0.4) is 0 Å². The van der Waals surface area contributed by atoms with E-state index in [1.54, 1.807) is 42.5 Å². The van der Waals surface area contributed by atoms with Gasteiger partial charge in [-0.05, 0) is 68.3 Å². The molecular weight excluding hydrogens is 496 g/mol. The Labute approximate surface area is 219 Å². The van der Waals surface area contributed by atoms with Crippen LogP contribution < -0.4 is 25.5 Å². The normalized spacial score (nSPS) is 10.6. The summed E-state index contributed by atoms with van der Waals surface area (Å²) in [7, 11) is 0. The van der Waals surface area contributed by atoms with Gasteiger partial charge in [0.2, 0.25) is 0 Å². The van der Waals surface area contributed by atoms with Crippen LogP contribution in [0.5, 0.6) is 11.5 Å². The van der Waals surface area contributed by atoms with Crippen LogP contribution in [0.25, 0.3) is 0 Å². The number of para-hydroxylation sites is 2. The van der Waals surface area contributed by atoms with Crippen LogP contribution in [-0.2, 0) is 14.4 Å². The highest BCUT2D eigenvalue weighted by Gasteiger charge is 2.15. The summed E-state index contributed by atoms with van der Waals surface area (Å²) in [6.07, 6.45) is 1.27. The molecule has 0 aromatic heterocycles. The molecule has 0 aliphatic heterocycles. The monoisotopic (exact) mass is 522 g/mol. The van der Waals surface area contributed by atoms with Crippen LogP contribution in [0.4, 0.5) is 11.4 Å². The Morgan fingerprint density at radius 3 is 2.46 bits per heavy atom. The molecule has 0 unspecified atom stereocenters. The Bertz CT molecular complexity index is 1330. The van der Waals surface area contributed by atoms with Crippen molar-refractivity contribution in [3.8, 4) is 11.5 Å². The molecule has 37 heavy (non-hydrogen) atoms. The molecule has 0 saturated heterocycles. The lowest BCUT2D eigenvalue weighted by atomic mass is 10.1. The fourth-order valence-electron chi connectivity index (χ4n) is 3.19. The molecule has 3 aromatic carbocycles.